The number of hydrogen-bond acceptors (Lipinski definition) is 7. The largest absolute Gasteiger partial charge is 0.496 e. The van der Waals surface area contributed by atoms with Crippen molar-refractivity contribution in [2.45, 2.75) is 13.5 Å². The zero-order valence-electron chi connectivity index (χ0n) is 19.3. The minimum absolute atomic E-state index is 0.0563. The van der Waals surface area contributed by atoms with Crippen LogP contribution in [0.1, 0.15) is 22.3 Å². The minimum atomic E-state index is -0.542. The molecule has 3 aromatic carbocycles. The van der Waals surface area contributed by atoms with E-state index in [1.165, 1.54) is 0 Å². The van der Waals surface area contributed by atoms with Crippen LogP contribution in [-0.2, 0) is 6.61 Å². The highest BCUT2D eigenvalue weighted by Crippen LogP contribution is 2.24. The molecule has 8 nitrogen and oxygen atoms in total. The van der Waals surface area contributed by atoms with Crippen molar-refractivity contribution in [3.8, 4) is 28.8 Å². The van der Waals surface area contributed by atoms with Gasteiger partial charge in [-0.15, -0.1) is 0 Å². The van der Waals surface area contributed by atoms with Gasteiger partial charge in [-0.25, -0.2) is 10.4 Å². The van der Waals surface area contributed by atoms with Crippen LogP contribution in [-0.4, -0.2) is 23.3 Å². The smallest absolute Gasteiger partial charge is 0.270 e. The van der Waals surface area contributed by atoms with Gasteiger partial charge in [-0.1, -0.05) is 48.5 Å². The molecule has 0 radical (unpaired) electrons. The predicted octanol–water partition coefficient (Wildman–Crippen LogP) is 4.65. The van der Waals surface area contributed by atoms with Crippen LogP contribution in [0.25, 0.3) is 11.3 Å². The van der Waals surface area contributed by atoms with Gasteiger partial charge < -0.3 is 9.47 Å². The van der Waals surface area contributed by atoms with Gasteiger partial charge in [-0.2, -0.15) is 10.4 Å². The van der Waals surface area contributed by atoms with Crippen molar-refractivity contribution in [1.29, 1.82) is 5.26 Å². The Bertz CT molecular complexity index is 1460. The predicted molar refractivity (Wildman–Crippen MR) is 135 cm³/mol. The highest BCUT2D eigenvalue weighted by molar-refractivity contribution is 5.81. The van der Waals surface area contributed by atoms with Gasteiger partial charge in [-0.05, 0) is 42.3 Å². The van der Waals surface area contributed by atoms with Crippen LogP contribution in [0.15, 0.2) is 82.7 Å². The number of aromatic nitrogens is 2. The number of hydrazone groups is 1. The van der Waals surface area contributed by atoms with Gasteiger partial charge in [0.15, 0.2) is 0 Å². The number of nitriles is 1. The van der Waals surface area contributed by atoms with E-state index in [-0.39, 0.29) is 17.2 Å². The van der Waals surface area contributed by atoms with Crippen LogP contribution in [0.2, 0.25) is 0 Å². The van der Waals surface area contributed by atoms with Crippen molar-refractivity contribution in [2.75, 3.05) is 12.5 Å². The Morgan fingerprint density at radius 1 is 1.09 bits per heavy atom. The number of para-hydroxylation sites is 1. The zero-order valence-corrected chi connectivity index (χ0v) is 19.3. The molecule has 35 heavy (non-hydrogen) atoms. The molecule has 4 rings (SSSR count). The van der Waals surface area contributed by atoms with Gasteiger partial charge >= 0.3 is 0 Å². The Balaban J connectivity index is 1.53. The lowest BCUT2D eigenvalue weighted by molar-refractivity contribution is 0.295. The molecule has 0 aliphatic heterocycles. The van der Waals surface area contributed by atoms with Crippen molar-refractivity contribution in [1.82, 2.24) is 9.97 Å². The highest BCUT2D eigenvalue weighted by atomic mass is 16.5. The summed E-state index contributed by atoms with van der Waals surface area (Å²) in [5.74, 6) is 1.63. The van der Waals surface area contributed by atoms with Gasteiger partial charge in [-0.3, -0.25) is 9.78 Å². The summed E-state index contributed by atoms with van der Waals surface area (Å²) in [6, 6.07) is 24.4. The zero-order chi connectivity index (χ0) is 24.6. The Morgan fingerprint density at radius 3 is 2.60 bits per heavy atom. The minimum Gasteiger partial charge on any atom is -0.496 e. The summed E-state index contributed by atoms with van der Waals surface area (Å²) >= 11 is 0. The maximum atomic E-state index is 12.4. The summed E-state index contributed by atoms with van der Waals surface area (Å²) < 4.78 is 11.4. The fraction of sp³-hybridized carbons (Fsp3) is 0.111. The van der Waals surface area contributed by atoms with E-state index in [1.807, 2.05) is 73.7 Å². The first kappa shape index (κ1) is 23.3. The van der Waals surface area contributed by atoms with Crippen LogP contribution < -0.4 is 20.5 Å². The van der Waals surface area contributed by atoms with Crippen molar-refractivity contribution in [3.63, 3.8) is 0 Å². The van der Waals surface area contributed by atoms with E-state index in [0.29, 0.717) is 17.9 Å². The molecule has 0 unspecified atom stereocenters. The van der Waals surface area contributed by atoms with Crippen LogP contribution >= 0.6 is 0 Å². The number of rotatable bonds is 8. The second-order valence-corrected chi connectivity index (χ2v) is 7.61. The Morgan fingerprint density at radius 2 is 1.86 bits per heavy atom. The van der Waals surface area contributed by atoms with Gasteiger partial charge in [0.25, 0.3) is 5.56 Å². The number of benzene rings is 3. The molecular formula is C27H23N5O3. The third-order valence-corrected chi connectivity index (χ3v) is 5.24. The average molecular weight is 466 g/mol. The second-order valence-electron chi connectivity index (χ2n) is 7.61. The average Bonchev–Trinajstić information content (AvgIpc) is 2.88. The number of H-pyrrole nitrogens is 1. The summed E-state index contributed by atoms with van der Waals surface area (Å²) in [5.41, 5.74) is 5.79. The van der Waals surface area contributed by atoms with Gasteiger partial charge in [0, 0.05) is 11.1 Å². The molecule has 2 N–H and O–H groups in total. The maximum Gasteiger partial charge on any atom is 0.270 e. The van der Waals surface area contributed by atoms with Crippen LogP contribution in [0.3, 0.4) is 0 Å². The van der Waals surface area contributed by atoms with Crippen LogP contribution in [0.5, 0.6) is 11.5 Å². The Hall–Kier alpha value is -4.90. The summed E-state index contributed by atoms with van der Waals surface area (Å²) in [7, 11) is 1.61. The molecule has 174 valence electrons. The first-order chi connectivity index (χ1) is 17.1. The standard InChI is InChI=1S/C27H23N5O3/c1-18-8-6-7-11-23(18)35-17-21-14-19(12-13-24(21)34-2)16-29-32-27-30-25(20-9-4-3-5-10-20)22(15-28)26(33)31-27/h3-14,16H,17H2,1-2H3,(H2,30,31,32,33). The third kappa shape index (κ3) is 5.54. The molecule has 1 heterocycles. The van der Waals surface area contributed by atoms with Gasteiger partial charge in [0.05, 0.1) is 19.0 Å². The number of nitrogens with zero attached hydrogens (tertiary/aromatic N) is 3. The maximum absolute atomic E-state index is 12.4. The SMILES string of the molecule is COc1ccc(C=NNc2nc(-c3ccccc3)c(C#N)c(=O)[nH]2)cc1COc1ccccc1C. The molecule has 0 saturated carbocycles. The number of ether oxygens (including phenoxy) is 2. The topological polar surface area (TPSA) is 112 Å². The monoisotopic (exact) mass is 465 g/mol. The summed E-state index contributed by atoms with van der Waals surface area (Å²) in [4.78, 5) is 19.3. The first-order valence-corrected chi connectivity index (χ1v) is 10.8. The number of aromatic amines is 1. The molecule has 0 amide bonds. The second kappa shape index (κ2) is 10.8. The normalized spacial score (nSPS) is 10.7. The van der Waals surface area contributed by atoms with E-state index >= 15 is 0 Å². The molecule has 0 bridgehead atoms. The molecule has 0 saturated heterocycles. The Labute approximate surface area is 202 Å². The molecule has 1 aromatic heterocycles. The molecule has 0 aliphatic carbocycles. The van der Waals surface area contributed by atoms with Gasteiger partial charge in [0.1, 0.15) is 29.7 Å². The van der Waals surface area contributed by atoms with E-state index in [9.17, 15) is 10.1 Å². The fourth-order valence-corrected chi connectivity index (χ4v) is 3.47. The third-order valence-electron chi connectivity index (χ3n) is 5.24. The molecule has 0 spiro atoms. The fourth-order valence-electron chi connectivity index (χ4n) is 3.47. The molecular weight excluding hydrogens is 442 g/mol. The van der Waals surface area contributed by atoms with E-state index in [1.54, 1.807) is 25.5 Å². The molecule has 0 aliphatic rings. The van der Waals surface area contributed by atoms with Crippen LogP contribution in [0, 0.1) is 18.3 Å². The highest BCUT2D eigenvalue weighted by Gasteiger charge is 2.13. The Kier molecular flexibility index (Phi) is 7.19. The molecule has 4 aromatic rings. The summed E-state index contributed by atoms with van der Waals surface area (Å²) in [6.07, 6.45) is 1.59. The van der Waals surface area contributed by atoms with Crippen LogP contribution in [0.4, 0.5) is 5.95 Å². The quantitative estimate of drug-likeness (QED) is 0.289. The number of aryl methyl sites for hydroxylation is 1. The number of nitrogens with one attached hydrogen (secondary N) is 2. The number of anilines is 1. The molecule has 0 fully saturated rings. The lowest BCUT2D eigenvalue weighted by Crippen LogP contribution is -2.16. The van der Waals surface area contributed by atoms with E-state index in [2.05, 4.69) is 20.5 Å². The summed E-state index contributed by atoms with van der Waals surface area (Å²) in [5, 5.41) is 13.6. The van der Waals surface area contributed by atoms with E-state index < -0.39 is 5.56 Å². The lowest BCUT2D eigenvalue weighted by Gasteiger charge is -2.12. The first-order valence-electron chi connectivity index (χ1n) is 10.8. The molecule has 0 atom stereocenters. The van der Waals surface area contributed by atoms with Gasteiger partial charge in [0.2, 0.25) is 5.95 Å². The van der Waals surface area contributed by atoms with E-state index in [4.69, 9.17) is 9.47 Å². The van der Waals surface area contributed by atoms with Crippen molar-refractivity contribution < 1.29 is 9.47 Å². The van der Waals surface area contributed by atoms with Crippen molar-refractivity contribution in [3.05, 3.63) is 105 Å². The number of methoxy groups -OCH3 is 1. The lowest BCUT2D eigenvalue weighted by atomic mass is 10.1. The van der Waals surface area contributed by atoms with Crippen molar-refractivity contribution in [2.24, 2.45) is 5.10 Å². The number of hydrogen-bond donors (Lipinski definition) is 2. The summed E-state index contributed by atoms with van der Waals surface area (Å²) in [6.45, 7) is 2.32. The molecule has 8 heteroatoms. The van der Waals surface area contributed by atoms with Crippen molar-refractivity contribution >= 4 is 12.2 Å². The van der Waals surface area contributed by atoms with E-state index in [0.717, 1.165) is 22.4 Å².